The van der Waals surface area contributed by atoms with E-state index in [2.05, 4.69) is 19.9 Å². The van der Waals surface area contributed by atoms with Crippen molar-refractivity contribution in [3.63, 3.8) is 0 Å². The van der Waals surface area contributed by atoms with E-state index in [1.165, 1.54) is 6.42 Å². The fraction of sp³-hybridized carbons (Fsp3) is 0.842. The van der Waals surface area contributed by atoms with Crippen molar-refractivity contribution in [1.82, 2.24) is 0 Å². The zero-order chi connectivity index (χ0) is 14.8. The van der Waals surface area contributed by atoms with Crippen molar-refractivity contribution in [2.24, 2.45) is 28.6 Å². The molecule has 4 aliphatic carbocycles. The number of hydrogen-bond donors (Lipinski definition) is 1. The molecule has 6 unspecified atom stereocenters. The van der Waals surface area contributed by atoms with Gasteiger partial charge in [-0.25, -0.2) is 0 Å². The number of fused-ring (bicyclic) bond motifs is 5. The molecular weight excluding hydrogens is 260 g/mol. The Kier molecular flexibility index (Phi) is 2.96. The molecule has 0 bridgehead atoms. The number of aliphatic hydroxyl groups is 1. The SMILES string of the molecule is CC12CCC3C(=CCC4CC(O)CCC43C)C1CCC2=O. The lowest BCUT2D eigenvalue weighted by atomic mass is 9.48. The van der Waals surface area contributed by atoms with E-state index in [9.17, 15) is 9.90 Å². The maximum atomic E-state index is 12.4. The van der Waals surface area contributed by atoms with Crippen molar-refractivity contribution >= 4 is 5.78 Å². The van der Waals surface area contributed by atoms with Crippen molar-refractivity contribution < 1.29 is 9.90 Å². The molecule has 4 rings (SSSR count). The third-order valence-corrected chi connectivity index (χ3v) is 7.76. The molecule has 0 aromatic carbocycles. The molecule has 0 amide bonds. The van der Waals surface area contributed by atoms with Crippen LogP contribution in [0.3, 0.4) is 0 Å². The van der Waals surface area contributed by atoms with Gasteiger partial charge in [-0.2, -0.15) is 0 Å². The number of allylic oxidation sites excluding steroid dienone is 2. The van der Waals surface area contributed by atoms with Gasteiger partial charge in [-0.3, -0.25) is 4.79 Å². The van der Waals surface area contributed by atoms with Crippen LogP contribution in [-0.4, -0.2) is 17.0 Å². The zero-order valence-electron chi connectivity index (χ0n) is 13.4. The molecule has 0 aromatic rings. The van der Waals surface area contributed by atoms with Crippen LogP contribution in [0.2, 0.25) is 0 Å². The van der Waals surface area contributed by atoms with Crippen molar-refractivity contribution in [2.45, 2.75) is 71.3 Å². The van der Waals surface area contributed by atoms with Crippen molar-refractivity contribution in [2.75, 3.05) is 0 Å². The highest BCUT2D eigenvalue weighted by molar-refractivity contribution is 5.87. The van der Waals surface area contributed by atoms with Crippen LogP contribution in [0.5, 0.6) is 0 Å². The second-order valence-corrected chi connectivity index (χ2v) is 8.59. The minimum atomic E-state index is -0.0834. The zero-order valence-corrected chi connectivity index (χ0v) is 13.4. The Hall–Kier alpha value is -0.630. The van der Waals surface area contributed by atoms with Gasteiger partial charge in [0.2, 0.25) is 0 Å². The van der Waals surface area contributed by atoms with Crippen LogP contribution in [0.25, 0.3) is 0 Å². The molecule has 0 saturated heterocycles. The summed E-state index contributed by atoms with van der Waals surface area (Å²) >= 11 is 0. The first kappa shape index (κ1) is 14.0. The molecule has 3 fully saturated rings. The molecule has 0 heterocycles. The van der Waals surface area contributed by atoms with Gasteiger partial charge in [-0.1, -0.05) is 25.5 Å². The molecule has 116 valence electrons. The van der Waals surface area contributed by atoms with Crippen LogP contribution in [0, 0.1) is 28.6 Å². The smallest absolute Gasteiger partial charge is 0.139 e. The van der Waals surface area contributed by atoms with E-state index in [1.807, 2.05) is 0 Å². The van der Waals surface area contributed by atoms with Gasteiger partial charge in [0.15, 0.2) is 0 Å². The summed E-state index contributed by atoms with van der Waals surface area (Å²) in [5.74, 6) is 2.36. The molecule has 1 N–H and O–H groups in total. The van der Waals surface area contributed by atoms with Gasteiger partial charge >= 0.3 is 0 Å². The average molecular weight is 288 g/mol. The van der Waals surface area contributed by atoms with Crippen LogP contribution < -0.4 is 0 Å². The molecule has 4 aliphatic rings. The van der Waals surface area contributed by atoms with E-state index in [4.69, 9.17) is 0 Å². The lowest BCUT2D eigenvalue weighted by Crippen LogP contribution is -2.49. The number of rotatable bonds is 0. The number of ketones is 1. The molecule has 2 nitrogen and oxygen atoms in total. The van der Waals surface area contributed by atoms with Crippen LogP contribution in [0.15, 0.2) is 11.6 Å². The Morgan fingerprint density at radius 3 is 2.76 bits per heavy atom. The number of carbonyl (C=O) groups is 1. The Bertz CT molecular complexity index is 508. The van der Waals surface area contributed by atoms with Gasteiger partial charge in [-0.15, -0.1) is 0 Å². The van der Waals surface area contributed by atoms with E-state index in [1.54, 1.807) is 5.57 Å². The van der Waals surface area contributed by atoms with E-state index in [0.29, 0.717) is 29.0 Å². The first-order valence-electron chi connectivity index (χ1n) is 8.86. The third kappa shape index (κ3) is 1.78. The van der Waals surface area contributed by atoms with Crippen LogP contribution in [-0.2, 0) is 4.79 Å². The van der Waals surface area contributed by atoms with Gasteiger partial charge in [0.1, 0.15) is 5.78 Å². The molecule has 21 heavy (non-hydrogen) atoms. The highest BCUT2D eigenvalue weighted by Crippen LogP contribution is 2.63. The molecule has 0 radical (unpaired) electrons. The molecule has 0 spiro atoms. The summed E-state index contributed by atoms with van der Waals surface area (Å²) in [6.45, 7) is 4.70. The summed E-state index contributed by atoms with van der Waals surface area (Å²) in [6.07, 6.45) is 10.8. The predicted octanol–water partition coefficient (Wildman–Crippen LogP) is 3.88. The quantitative estimate of drug-likeness (QED) is 0.687. The molecule has 0 aliphatic heterocycles. The largest absolute Gasteiger partial charge is 0.393 e. The van der Waals surface area contributed by atoms with E-state index < -0.39 is 0 Å². The van der Waals surface area contributed by atoms with Crippen LogP contribution >= 0.6 is 0 Å². The molecule has 6 atom stereocenters. The summed E-state index contributed by atoms with van der Waals surface area (Å²) in [5, 5.41) is 10.0. The first-order chi connectivity index (χ1) is 9.95. The van der Waals surface area contributed by atoms with Gasteiger partial charge in [0.05, 0.1) is 6.10 Å². The fourth-order valence-electron chi connectivity index (χ4n) is 6.27. The summed E-state index contributed by atoms with van der Waals surface area (Å²) in [5.41, 5.74) is 1.94. The van der Waals surface area contributed by atoms with Gasteiger partial charge < -0.3 is 5.11 Å². The van der Waals surface area contributed by atoms with Crippen molar-refractivity contribution in [1.29, 1.82) is 0 Å². The van der Waals surface area contributed by atoms with E-state index >= 15 is 0 Å². The number of aliphatic hydroxyl groups excluding tert-OH is 1. The van der Waals surface area contributed by atoms with Crippen LogP contribution in [0.1, 0.15) is 65.2 Å². The topological polar surface area (TPSA) is 37.3 Å². The molecule has 3 saturated carbocycles. The van der Waals surface area contributed by atoms with Crippen molar-refractivity contribution in [3.8, 4) is 0 Å². The minimum absolute atomic E-state index is 0.0558. The average Bonchev–Trinajstić information content (AvgIpc) is 2.76. The number of carbonyl (C=O) groups excluding carboxylic acids is 1. The lowest BCUT2D eigenvalue weighted by Gasteiger charge is -2.56. The molecular formula is C19H28O2. The Labute approximate surface area is 128 Å². The summed E-state index contributed by atoms with van der Waals surface area (Å²) in [7, 11) is 0. The normalized spacial score (nSPS) is 52.7. The van der Waals surface area contributed by atoms with E-state index in [-0.39, 0.29) is 11.5 Å². The van der Waals surface area contributed by atoms with Gasteiger partial charge in [0, 0.05) is 11.8 Å². The summed E-state index contributed by atoms with van der Waals surface area (Å²) in [4.78, 5) is 12.4. The second kappa shape index (κ2) is 4.44. The van der Waals surface area contributed by atoms with E-state index in [0.717, 1.165) is 44.9 Å². The Morgan fingerprint density at radius 2 is 1.95 bits per heavy atom. The lowest BCUT2D eigenvalue weighted by molar-refractivity contribution is -0.128. The highest BCUT2D eigenvalue weighted by Gasteiger charge is 2.57. The predicted molar refractivity (Wildman–Crippen MR) is 82.7 cm³/mol. The Morgan fingerprint density at radius 1 is 1.14 bits per heavy atom. The monoisotopic (exact) mass is 288 g/mol. The van der Waals surface area contributed by atoms with Crippen molar-refractivity contribution in [3.05, 3.63) is 11.6 Å². The fourth-order valence-corrected chi connectivity index (χ4v) is 6.27. The summed E-state index contributed by atoms with van der Waals surface area (Å²) in [6, 6.07) is 0. The standard InChI is InChI=1S/C19H28O2/c1-18-9-7-13(20)11-12(18)3-4-14-15-5-6-17(21)19(15,2)10-8-16(14)18/h4,12-13,15-16,20H,3,5-11H2,1-2H3. The molecule has 2 heteroatoms. The summed E-state index contributed by atoms with van der Waals surface area (Å²) < 4.78 is 0. The third-order valence-electron chi connectivity index (χ3n) is 7.76. The molecule has 0 aromatic heterocycles. The Balaban J connectivity index is 1.70. The minimum Gasteiger partial charge on any atom is -0.393 e. The first-order valence-corrected chi connectivity index (χ1v) is 8.86. The highest BCUT2D eigenvalue weighted by atomic mass is 16.3. The maximum Gasteiger partial charge on any atom is 0.139 e. The number of Topliss-reactive ketones (excluding diaryl/α,β-unsaturated/α-hetero) is 1. The number of hydrogen-bond acceptors (Lipinski definition) is 2. The maximum absolute atomic E-state index is 12.4. The van der Waals surface area contributed by atoms with Gasteiger partial charge in [-0.05, 0) is 68.1 Å². The second-order valence-electron chi connectivity index (χ2n) is 8.59. The van der Waals surface area contributed by atoms with Crippen LogP contribution in [0.4, 0.5) is 0 Å². The van der Waals surface area contributed by atoms with Gasteiger partial charge in [0.25, 0.3) is 0 Å².